The van der Waals surface area contributed by atoms with Crippen molar-refractivity contribution in [3.05, 3.63) is 59.9 Å². The molecule has 2 aromatic carbocycles. The number of anilines is 1. The number of benzene rings is 2. The molecule has 1 unspecified atom stereocenters. The van der Waals surface area contributed by atoms with Crippen molar-refractivity contribution in [2.75, 3.05) is 18.9 Å². The van der Waals surface area contributed by atoms with Gasteiger partial charge in [-0.1, -0.05) is 18.2 Å². The minimum Gasteiger partial charge on any atom is -0.406 e. The molecule has 0 bridgehead atoms. The van der Waals surface area contributed by atoms with Gasteiger partial charge in [-0.05, 0) is 30.3 Å². The molecule has 1 atom stereocenters. The molecule has 2 N–H and O–H groups in total. The highest BCUT2D eigenvalue weighted by atomic mass is 19.4. The third-order valence-corrected chi connectivity index (χ3v) is 3.28. The van der Waals surface area contributed by atoms with E-state index in [9.17, 15) is 22.4 Å². The van der Waals surface area contributed by atoms with E-state index in [-0.39, 0.29) is 24.0 Å². The molecular formula is C17H17F4N2O2+. The third-order valence-electron chi connectivity index (χ3n) is 3.28. The minimum absolute atomic E-state index is 0.0785. The first-order valence-corrected chi connectivity index (χ1v) is 7.43. The molecule has 0 heterocycles. The zero-order chi connectivity index (χ0) is 18.4. The Kier molecular flexibility index (Phi) is 5.97. The number of amides is 1. The summed E-state index contributed by atoms with van der Waals surface area (Å²) < 4.78 is 53.6. The van der Waals surface area contributed by atoms with Crippen LogP contribution in [-0.4, -0.2) is 25.9 Å². The number of hydrogen-bond acceptors (Lipinski definition) is 2. The molecule has 0 aromatic heterocycles. The normalized spacial score (nSPS) is 12.5. The lowest BCUT2D eigenvalue weighted by Gasteiger charge is -2.14. The van der Waals surface area contributed by atoms with Gasteiger partial charge in [-0.15, -0.1) is 13.2 Å². The lowest BCUT2D eigenvalue weighted by atomic mass is 10.2. The first-order chi connectivity index (χ1) is 11.7. The number of hydrogen-bond donors (Lipinski definition) is 2. The van der Waals surface area contributed by atoms with Crippen LogP contribution < -0.4 is 15.0 Å². The van der Waals surface area contributed by atoms with Crippen molar-refractivity contribution in [1.82, 2.24) is 0 Å². The highest BCUT2D eigenvalue weighted by Gasteiger charge is 2.30. The molecule has 0 saturated heterocycles. The SMILES string of the molecule is C[NH+](CC(=O)Nc1ccc(OC(F)(F)F)cc1)Cc1ccccc1F. The van der Waals surface area contributed by atoms with Crippen LogP contribution in [0.3, 0.4) is 0 Å². The molecule has 0 aliphatic heterocycles. The Hall–Kier alpha value is -2.61. The number of carbonyl (C=O) groups excluding carboxylic acids is 1. The number of likely N-dealkylation sites (N-methyl/N-ethyl adjacent to an activating group) is 1. The van der Waals surface area contributed by atoms with Crippen LogP contribution in [0.4, 0.5) is 23.2 Å². The van der Waals surface area contributed by atoms with Crippen LogP contribution in [0, 0.1) is 5.82 Å². The molecule has 0 fully saturated rings. The van der Waals surface area contributed by atoms with Gasteiger partial charge in [-0.3, -0.25) is 4.79 Å². The fourth-order valence-electron chi connectivity index (χ4n) is 2.25. The maximum absolute atomic E-state index is 13.6. The van der Waals surface area contributed by atoms with Crippen molar-refractivity contribution in [3.8, 4) is 5.75 Å². The fourth-order valence-corrected chi connectivity index (χ4v) is 2.25. The zero-order valence-electron chi connectivity index (χ0n) is 13.4. The summed E-state index contributed by atoms with van der Waals surface area (Å²) >= 11 is 0. The second kappa shape index (κ2) is 7.98. The Bertz CT molecular complexity index is 717. The number of rotatable bonds is 6. The van der Waals surface area contributed by atoms with Gasteiger partial charge in [-0.25, -0.2) is 4.39 Å². The van der Waals surface area contributed by atoms with Crippen molar-refractivity contribution in [3.63, 3.8) is 0 Å². The van der Waals surface area contributed by atoms with Crippen molar-refractivity contribution < 1.29 is 32.0 Å². The smallest absolute Gasteiger partial charge is 0.406 e. The second-order valence-corrected chi connectivity index (χ2v) is 5.52. The zero-order valence-corrected chi connectivity index (χ0v) is 13.4. The lowest BCUT2D eigenvalue weighted by Crippen LogP contribution is -3.08. The molecule has 25 heavy (non-hydrogen) atoms. The molecular weight excluding hydrogens is 340 g/mol. The van der Waals surface area contributed by atoms with Gasteiger partial charge in [-0.2, -0.15) is 0 Å². The Morgan fingerprint density at radius 3 is 2.36 bits per heavy atom. The molecule has 0 saturated carbocycles. The molecule has 134 valence electrons. The molecule has 0 aliphatic carbocycles. The Balaban J connectivity index is 1.86. The first kappa shape index (κ1) is 18.7. The standard InChI is InChI=1S/C17H16F4N2O2/c1-23(10-12-4-2-3-5-15(12)18)11-16(24)22-13-6-8-14(9-7-13)25-17(19,20)21/h2-9H,10-11H2,1H3,(H,22,24)/p+1. The summed E-state index contributed by atoms with van der Waals surface area (Å²) in [6.45, 7) is 0.410. The number of alkyl halides is 3. The van der Waals surface area contributed by atoms with Crippen LogP contribution in [0.25, 0.3) is 0 Å². The number of nitrogens with one attached hydrogen (secondary N) is 2. The topological polar surface area (TPSA) is 42.8 Å². The quantitative estimate of drug-likeness (QED) is 0.780. The average molecular weight is 357 g/mol. The maximum atomic E-state index is 13.6. The van der Waals surface area contributed by atoms with Crippen LogP contribution in [0.5, 0.6) is 5.75 Å². The van der Waals surface area contributed by atoms with E-state index in [0.29, 0.717) is 17.8 Å². The lowest BCUT2D eigenvalue weighted by molar-refractivity contribution is -0.885. The van der Waals surface area contributed by atoms with E-state index in [4.69, 9.17) is 0 Å². The highest BCUT2D eigenvalue weighted by Crippen LogP contribution is 2.23. The van der Waals surface area contributed by atoms with Crippen LogP contribution >= 0.6 is 0 Å². The van der Waals surface area contributed by atoms with Gasteiger partial charge < -0.3 is 15.0 Å². The van der Waals surface area contributed by atoms with E-state index in [0.717, 1.165) is 17.0 Å². The Morgan fingerprint density at radius 1 is 1.12 bits per heavy atom. The summed E-state index contributed by atoms with van der Waals surface area (Å²) in [4.78, 5) is 12.7. The Morgan fingerprint density at radius 2 is 1.76 bits per heavy atom. The number of ether oxygens (including phenoxy) is 1. The van der Waals surface area contributed by atoms with E-state index < -0.39 is 6.36 Å². The second-order valence-electron chi connectivity index (χ2n) is 5.52. The van der Waals surface area contributed by atoms with Crippen molar-refractivity contribution in [1.29, 1.82) is 0 Å². The Labute approximate surface area is 142 Å². The average Bonchev–Trinajstić information content (AvgIpc) is 2.50. The van der Waals surface area contributed by atoms with E-state index in [1.54, 1.807) is 25.2 Å². The molecule has 1 amide bonds. The summed E-state index contributed by atoms with van der Waals surface area (Å²) in [5, 5.41) is 2.57. The molecule has 8 heteroatoms. The van der Waals surface area contributed by atoms with E-state index in [1.807, 2.05) is 0 Å². The number of quaternary nitrogens is 1. The monoisotopic (exact) mass is 357 g/mol. The molecule has 2 aromatic rings. The molecule has 0 spiro atoms. The maximum Gasteiger partial charge on any atom is 0.573 e. The van der Waals surface area contributed by atoms with Gasteiger partial charge in [0.05, 0.1) is 7.05 Å². The fraction of sp³-hybridized carbons (Fsp3) is 0.235. The number of halogens is 4. The van der Waals surface area contributed by atoms with Crippen molar-refractivity contribution in [2.45, 2.75) is 12.9 Å². The molecule has 0 radical (unpaired) electrons. The van der Waals surface area contributed by atoms with Gasteiger partial charge in [0, 0.05) is 11.3 Å². The predicted octanol–water partition coefficient (Wildman–Crippen LogP) is 2.38. The predicted molar refractivity (Wildman–Crippen MR) is 83.6 cm³/mol. The third kappa shape index (κ3) is 6.42. The van der Waals surface area contributed by atoms with Crippen LogP contribution in [-0.2, 0) is 11.3 Å². The summed E-state index contributed by atoms with van der Waals surface area (Å²) in [5.41, 5.74) is 0.847. The van der Waals surface area contributed by atoms with Gasteiger partial charge in [0.2, 0.25) is 0 Å². The van der Waals surface area contributed by atoms with Crippen molar-refractivity contribution in [2.24, 2.45) is 0 Å². The van der Waals surface area contributed by atoms with Gasteiger partial charge >= 0.3 is 6.36 Å². The van der Waals surface area contributed by atoms with Crippen LogP contribution in [0.1, 0.15) is 5.56 Å². The summed E-state index contributed by atoms with van der Waals surface area (Å²) in [7, 11) is 1.74. The summed E-state index contributed by atoms with van der Waals surface area (Å²) in [6, 6.07) is 11.2. The first-order valence-electron chi connectivity index (χ1n) is 7.43. The molecule has 0 aliphatic rings. The molecule has 2 rings (SSSR count). The van der Waals surface area contributed by atoms with Gasteiger partial charge in [0.1, 0.15) is 18.1 Å². The largest absolute Gasteiger partial charge is 0.573 e. The van der Waals surface area contributed by atoms with Crippen LogP contribution in [0.2, 0.25) is 0 Å². The minimum atomic E-state index is -4.76. The number of carbonyl (C=O) groups is 1. The van der Waals surface area contributed by atoms with E-state index >= 15 is 0 Å². The van der Waals surface area contributed by atoms with Gasteiger partial charge in [0.25, 0.3) is 5.91 Å². The van der Waals surface area contributed by atoms with Crippen molar-refractivity contribution >= 4 is 11.6 Å². The summed E-state index contributed by atoms with van der Waals surface area (Å²) in [6.07, 6.45) is -4.76. The van der Waals surface area contributed by atoms with E-state index in [1.165, 1.54) is 18.2 Å². The van der Waals surface area contributed by atoms with Gasteiger partial charge in [0.15, 0.2) is 6.54 Å². The highest BCUT2D eigenvalue weighted by molar-refractivity contribution is 5.91. The molecule has 4 nitrogen and oxygen atoms in total. The summed E-state index contributed by atoms with van der Waals surface area (Å²) in [5.74, 6) is -1.03. The van der Waals surface area contributed by atoms with E-state index in [2.05, 4.69) is 10.1 Å². The van der Waals surface area contributed by atoms with Crippen LogP contribution in [0.15, 0.2) is 48.5 Å².